The molecule has 0 aliphatic carbocycles. The smallest absolute Gasteiger partial charge is 0.191 e. The Morgan fingerprint density at radius 1 is 0.966 bits per heavy atom. The molecule has 0 saturated carbocycles. The van der Waals surface area contributed by atoms with E-state index in [2.05, 4.69) is 21.9 Å². The quantitative estimate of drug-likeness (QED) is 0.647. The van der Waals surface area contributed by atoms with Gasteiger partial charge in [0.1, 0.15) is 5.75 Å². The fourth-order valence-electron chi connectivity index (χ4n) is 4.18. The van der Waals surface area contributed by atoms with Gasteiger partial charge >= 0.3 is 0 Å². The zero-order chi connectivity index (χ0) is 20.1. The van der Waals surface area contributed by atoms with E-state index in [1.165, 1.54) is 11.3 Å². The summed E-state index contributed by atoms with van der Waals surface area (Å²) >= 11 is 1.52. The van der Waals surface area contributed by atoms with E-state index in [1.54, 1.807) is 7.11 Å². The summed E-state index contributed by atoms with van der Waals surface area (Å²) in [5.41, 5.74) is 1.13. The van der Waals surface area contributed by atoms with E-state index in [-0.39, 0.29) is 17.9 Å². The summed E-state index contributed by atoms with van der Waals surface area (Å²) in [6, 6.07) is 11.7. The number of methoxy groups -OCH3 is 1. The lowest BCUT2D eigenvalue weighted by atomic mass is 9.91. The number of thiophene rings is 1. The molecule has 2 aromatic rings. The van der Waals surface area contributed by atoms with Crippen molar-refractivity contribution >= 4 is 17.1 Å². The van der Waals surface area contributed by atoms with E-state index in [4.69, 9.17) is 14.2 Å². The van der Waals surface area contributed by atoms with Crippen LogP contribution in [0.5, 0.6) is 5.75 Å². The van der Waals surface area contributed by atoms with Gasteiger partial charge in [-0.2, -0.15) is 0 Å². The number of benzene rings is 1. The van der Waals surface area contributed by atoms with Crippen LogP contribution < -0.4 is 4.74 Å². The van der Waals surface area contributed by atoms with Crippen LogP contribution >= 0.6 is 11.3 Å². The number of hydrogen-bond donors (Lipinski definition) is 0. The van der Waals surface area contributed by atoms with Gasteiger partial charge in [0.15, 0.2) is 5.78 Å². The Kier molecular flexibility index (Phi) is 6.94. The Balaban J connectivity index is 1.74. The minimum absolute atomic E-state index is 0.0440. The Bertz CT molecular complexity index is 769. The number of ketones is 1. The topological polar surface area (TPSA) is 51.2 Å². The molecule has 156 valence electrons. The molecule has 7 heteroatoms. The highest BCUT2D eigenvalue weighted by molar-refractivity contribution is 7.12. The van der Waals surface area contributed by atoms with Gasteiger partial charge in [0, 0.05) is 26.2 Å². The van der Waals surface area contributed by atoms with Crippen molar-refractivity contribution in [3.05, 3.63) is 52.2 Å². The maximum absolute atomic E-state index is 13.7. The number of morpholine rings is 2. The second-order valence-electron chi connectivity index (χ2n) is 7.30. The van der Waals surface area contributed by atoms with Crippen molar-refractivity contribution in [2.45, 2.75) is 12.1 Å². The van der Waals surface area contributed by atoms with Crippen molar-refractivity contribution in [1.29, 1.82) is 0 Å². The molecule has 1 aromatic carbocycles. The molecular weight excluding hydrogens is 388 g/mol. The number of carbonyl (C=O) groups excluding carboxylic acids is 1. The van der Waals surface area contributed by atoms with Crippen LogP contribution in [0.15, 0.2) is 41.8 Å². The van der Waals surface area contributed by atoms with Gasteiger partial charge in [0.05, 0.1) is 50.5 Å². The van der Waals surface area contributed by atoms with Crippen molar-refractivity contribution in [3.8, 4) is 5.75 Å². The molecule has 4 rings (SSSR count). The molecule has 2 fully saturated rings. The molecular formula is C22H28N2O4S. The number of Topliss-reactive ketones (excluding diaryl/α,β-unsaturated/α-hetero) is 1. The molecule has 29 heavy (non-hydrogen) atoms. The first-order chi connectivity index (χ1) is 14.3. The van der Waals surface area contributed by atoms with Gasteiger partial charge in [-0.25, -0.2) is 0 Å². The standard InChI is InChI=1S/C22H28N2O4S/c1-26-18-6-4-17(5-7-18)20(23-8-12-27-13-9-23)21(24-10-14-28-15-11-24)22(25)19-3-2-16-29-19/h2-7,16,20-21H,8-15H2,1H3. The van der Waals surface area contributed by atoms with Crippen LogP contribution in [0.1, 0.15) is 21.3 Å². The molecule has 2 aliphatic heterocycles. The second kappa shape index (κ2) is 9.82. The molecule has 2 atom stereocenters. The molecule has 0 radical (unpaired) electrons. The minimum Gasteiger partial charge on any atom is -0.497 e. The number of carbonyl (C=O) groups is 1. The highest BCUT2D eigenvalue weighted by atomic mass is 32.1. The number of ether oxygens (including phenoxy) is 3. The largest absolute Gasteiger partial charge is 0.497 e. The zero-order valence-electron chi connectivity index (χ0n) is 16.8. The van der Waals surface area contributed by atoms with Crippen molar-refractivity contribution < 1.29 is 19.0 Å². The summed E-state index contributed by atoms with van der Waals surface area (Å²) < 4.78 is 16.5. The van der Waals surface area contributed by atoms with Crippen LogP contribution in [0.3, 0.4) is 0 Å². The lowest BCUT2D eigenvalue weighted by Gasteiger charge is -2.44. The predicted molar refractivity (Wildman–Crippen MR) is 113 cm³/mol. The summed E-state index contributed by atoms with van der Waals surface area (Å²) in [4.78, 5) is 19.2. The highest BCUT2D eigenvalue weighted by Gasteiger charge is 2.40. The summed E-state index contributed by atoms with van der Waals surface area (Å²) in [6.07, 6.45) is 0. The minimum atomic E-state index is -0.260. The monoisotopic (exact) mass is 416 g/mol. The fraction of sp³-hybridized carbons (Fsp3) is 0.500. The Labute approximate surface area is 176 Å². The number of hydrogen-bond acceptors (Lipinski definition) is 7. The Morgan fingerprint density at radius 3 is 2.14 bits per heavy atom. The third kappa shape index (κ3) is 4.70. The van der Waals surface area contributed by atoms with Crippen LogP contribution in [-0.2, 0) is 9.47 Å². The van der Waals surface area contributed by atoms with Gasteiger partial charge in [0.2, 0.25) is 0 Å². The van der Waals surface area contributed by atoms with Gasteiger partial charge in [-0.1, -0.05) is 18.2 Å². The Hall–Kier alpha value is -1.77. The fourth-order valence-corrected chi connectivity index (χ4v) is 4.88. The van der Waals surface area contributed by atoms with E-state index in [0.717, 1.165) is 42.4 Å². The van der Waals surface area contributed by atoms with Crippen LogP contribution in [0.2, 0.25) is 0 Å². The van der Waals surface area contributed by atoms with Crippen molar-refractivity contribution in [3.63, 3.8) is 0 Å². The molecule has 2 unspecified atom stereocenters. The van der Waals surface area contributed by atoms with E-state index in [0.29, 0.717) is 26.4 Å². The molecule has 2 saturated heterocycles. The summed E-state index contributed by atoms with van der Waals surface area (Å²) in [6.45, 7) is 5.85. The summed E-state index contributed by atoms with van der Waals surface area (Å²) in [7, 11) is 1.67. The molecule has 6 nitrogen and oxygen atoms in total. The second-order valence-corrected chi connectivity index (χ2v) is 8.25. The third-order valence-corrected chi connectivity index (χ3v) is 6.55. The third-order valence-electron chi connectivity index (χ3n) is 5.67. The molecule has 0 spiro atoms. The highest BCUT2D eigenvalue weighted by Crippen LogP contribution is 2.33. The van der Waals surface area contributed by atoms with Gasteiger partial charge in [-0.05, 0) is 29.1 Å². The maximum atomic E-state index is 13.7. The SMILES string of the molecule is COc1ccc(C(C(C(=O)c2cccs2)N2CCOCC2)N2CCOCC2)cc1. The van der Waals surface area contributed by atoms with Gasteiger partial charge in [0.25, 0.3) is 0 Å². The predicted octanol–water partition coefficient (Wildman–Crippen LogP) is 2.71. The lowest BCUT2D eigenvalue weighted by molar-refractivity contribution is -0.0300. The van der Waals surface area contributed by atoms with Crippen molar-refractivity contribution in [2.24, 2.45) is 0 Å². The molecule has 3 heterocycles. The average Bonchev–Trinajstić information content (AvgIpc) is 3.33. The molecule has 0 N–H and O–H groups in total. The summed E-state index contributed by atoms with van der Waals surface area (Å²) in [5.74, 6) is 1.01. The van der Waals surface area contributed by atoms with Crippen LogP contribution in [0, 0.1) is 0 Å². The first kappa shape index (κ1) is 20.5. The van der Waals surface area contributed by atoms with Crippen molar-refractivity contribution in [1.82, 2.24) is 9.80 Å². The van der Waals surface area contributed by atoms with E-state index >= 15 is 0 Å². The van der Waals surface area contributed by atoms with Gasteiger partial charge in [-0.15, -0.1) is 11.3 Å². The molecule has 0 bridgehead atoms. The van der Waals surface area contributed by atoms with E-state index in [9.17, 15) is 4.79 Å². The number of nitrogens with zero attached hydrogens (tertiary/aromatic N) is 2. The molecule has 1 aromatic heterocycles. The number of rotatable bonds is 7. The van der Waals surface area contributed by atoms with Crippen LogP contribution in [-0.4, -0.2) is 81.3 Å². The van der Waals surface area contributed by atoms with Crippen molar-refractivity contribution in [2.75, 3.05) is 59.7 Å². The molecule has 2 aliphatic rings. The average molecular weight is 417 g/mol. The zero-order valence-corrected chi connectivity index (χ0v) is 17.6. The first-order valence-electron chi connectivity index (χ1n) is 10.1. The van der Waals surface area contributed by atoms with Gasteiger partial charge < -0.3 is 14.2 Å². The van der Waals surface area contributed by atoms with Crippen LogP contribution in [0.25, 0.3) is 0 Å². The first-order valence-corrected chi connectivity index (χ1v) is 11.0. The lowest BCUT2D eigenvalue weighted by Crippen LogP contribution is -2.55. The molecule has 0 amide bonds. The van der Waals surface area contributed by atoms with E-state index in [1.807, 2.05) is 29.6 Å². The maximum Gasteiger partial charge on any atom is 0.191 e. The summed E-state index contributed by atoms with van der Waals surface area (Å²) in [5, 5.41) is 1.97. The van der Waals surface area contributed by atoms with Gasteiger partial charge in [-0.3, -0.25) is 14.6 Å². The van der Waals surface area contributed by atoms with Crippen LogP contribution in [0.4, 0.5) is 0 Å². The normalized spacial score (nSPS) is 20.9. The Morgan fingerprint density at radius 2 is 1.59 bits per heavy atom. The van der Waals surface area contributed by atoms with E-state index < -0.39 is 0 Å².